The van der Waals surface area contributed by atoms with Gasteiger partial charge in [-0.2, -0.15) is 0 Å². The number of likely N-dealkylation sites (N-methyl/N-ethyl adjacent to an activating group) is 1. The zero-order valence-corrected chi connectivity index (χ0v) is 17.7. The molecule has 0 unspecified atom stereocenters. The first-order valence-electron chi connectivity index (χ1n) is 10.4. The van der Waals surface area contributed by atoms with E-state index < -0.39 is 12.0 Å². The molecule has 2 atom stereocenters. The number of carbonyl (C=O) groups is 2. The topological polar surface area (TPSA) is 54.3 Å². The second-order valence-corrected chi connectivity index (χ2v) is 8.13. The number of nitrogens with one attached hydrogen (secondary N) is 1. The molecule has 0 fully saturated rings. The fraction of sp³-hybridized carbons (Fsp3) is 0.154. The number of benzene rings is 3. The van der Waals surface area contributed by atoms with Crippen molar-refractivity contribution < 1.29 is 14.0 Å². The predicted molar refractivity (Wildman–Crippen MR) is 122 cm³/mol. The van der Waals surface area contributed by atoms with Crippen LogP contribution in [0.5, 0.6) is 0 Å². The van der Waals surface area contributed by atoms with Crippen LogP contribution in [-0.4, -0.2) is 28.3 Å². The van der Waals surface area contributed by atoms with E-state index in [0.29, 0.717) is 16.8 Å². The average molecular weight is 427 g/mol. The van der Waals surface area contributed by atoms with Crippen LogP contribution in [0.2, 0.25) is 0 Å². The molecule has 6 heteroatoms. The van der Waals surface area contributed by atoms with Crippen molar-refractivity contribution in [1.82, 2.24) is 9.47 Å². The summed E-state index contributed by atoms with van der Waals surface area (Å²) in [7, 11) is 3.70. The first-order chi connectivity index (χ1) is 15.5. The molecular formula is C26H22FN3O2. The molecule has 0 aliphatic carbocycles. The highest BCUT2D eigenvalue weighted by Gasteiger charge is 2.43. The maximum Gasteiger partial charge on any atom is 0.254 e. The van der Waals surface area contributed by atoms with Crippen molar-refractivity contribution in [3.8, 4) is 0 Å². The van der Waals surface area contributed by atoms with Crippen LogP contribution in [-0.2, 0) is 11.8 Å². The van der Waals surface area contributed by atoms with Gasteiger partial charge in [-0.3, -0.25) is 9.59 Å². The van der Waals surface area contributed by atoms with E-state index in [-0.39, 0.29) is 17.6 Å². The van der Waals surface area contributed by atoms with E-state index in [0.717, 1.165) is 16.5 Å². The second kappa shape index (κ2) is 7.64. The lowest BCUT2D eigenvalue weighted by Crippen LogP contribution is -2.44. The number of aryl methyl sites for hydroxylation is 1. The normalized spacial score (nSPS) is 18.0. The Hall–Kier alpha value is -3.93. The molecule has 1 N–H and O–H groups in total. The van der Waals surface area contributed by atoms with E-state index in [2.05, 4.69) is 5.32 Å². The third-order valence-electron chi connectivity index (χ3n) is 6.22. The molecular weight excluding hydrogens is 405 g/mol. The van der Waals surface area contributed by atoms with Crippen molar-refractivity contribution in [1.29, 1.82) is 0 Å². The molecule has 1 aromatic heterocycles. The SMILES string of the molecule is CN1C(=O)c2ccccc2[C@@H](C(=O)Nc2ccc(F)cc2)[C@H]1c1cn(C)c2ccccc12. The summed E-state index contributed by atoms with van der Waals surface area (Å²) in [5.41, 5.74) is 3.65. The van der Waals surface area contributed by atoms with E-state index in [4.69, 9.17) is 0 Å². The van der Waals surface area contributed by atoms with Crippen molar-refractivity contribution in [2.75, 3.05) is 12.4 Å². The van der Waals surface area contributed by atoms with Crippen molar-refractivity contribution >= 4 is 28.4 Å². The first kappa shape index (κ1) is 20.0. The summed E-state index contributed by atoms with van der Waals surface area (Å²) in [4.78, 5) is 28.5. The molecule has 160 valence electrons. The smallest absolute Gasteiger partial charge is 0.254 e. The van der Waals surface area contributed by atoms with Crippen LogP contribution in [0, 0.1) is 5.82 Å². The standard InChI is InChI=1S/C26H22FN3O2/c1-29-15-21(18-7-5-6-10-22(18)29)24-23(25(31)28-17-13-11-16(27)12-14-17)19-8-3-4-9-20(19)26(32)30(24)2/h3-15,23-24H,1-2H3,(H,28,31)/t23-,24-/m1/s1. The van der Waals surface area contributed by atoms with Gasteiger partial charge in [0.25, 0.3) is 5.91 Å². The molecule has 2 heterocycles. The molecule has 2 amide bonds. The lowest BCUT2D eigenvalue weighted by atomic mass is 9.79. The number of amides is 2. The third kappa shape index (κ3) is 3.15. The fourth-order valence-corrected chi connectivity index (χ4v) is 4.71. The number of halogens is 1. The lowest BCUT2D eigenvalue weighted by Gasteiger charge is -2.39. The highest BCUT2D eigenvalue weighted by molar-refractivity contribution is 6.05. The van der Waals surface area contributed by atoms with E-state index in [9.17, 15) is 14.0 Å². The monoisotopic (exact) mass is 427 g/mol. The van der Waals surface area contributed by atoms with Crippen LogP contribution in [0.15, 0.2) is 79.0 Å². The highest BCUT2D eigenvalue weighted by Crippen LogP contribution is 2.44. The molecule has 0 saturated heterocycles. The summed E-state index contributed by atoms with van der Waals surface area (Å²) in [5, 5.41) is 3.92. The molecule has 1 aliphatic rings. The summed E-state index contributed by atoms with van der Waals surface area (Å²) in [5.74, 6) is -1.37. The number of anilines is 1. The Bertz CT molecular complexity index is 1340. The van der Waals surface area contributed by atoms with Gasteiger partial charge in [-0.1, -0.05) is 36.4 Å². The number of hydrogen-bond donors (Lipinski definition) is 1. The number of aromatic nitrogens is 1. The molecule has 5 rings (SSSR count). The van der Waals surface area contributed by atoms with Crippen molar-refractivity contribution in [2.45, 2.75) is 12.0 Å². The maximum atomic E-state index is 13.6. The predicted octanol–water partition coefficient (Wildman–Crippen LogP) is 4.87. The van der Waals surface area contributed by atoms with Crippen LogP contribution < -0.4 is 5.32 Å². The van der Waals surface area contributed by atoms with Gasteiger partial charge in [-0.05, 0) is 42.0 Å². The van der Waals surface area contributed by atoms with Gasteiger partial charge in [0.2, 0.25) is 5.91 Å². The summed E-state index contributed by atoms with van der Waals surface area (Å²) in [6, 6.07) is 20.4. The van der Waals surface area contributed by atoms with Gasteiger partial charge < -0.3 is 14.8 Å². The first-order valence-corrected chi connectivity index (χ1v) is 10.4. The molecule has 5 nitrogen and oxygen atoms in total. The molecule has 0 bridgehead atoms. The van der Waals surface area contributed by atoms with Gasteiger partial charge in [-0.25, -0.2) is 4.39 Å². The van der Waals surface area contributed by atoms with E-state index in [1.54, 1.807) is 24.1 Å². The number of para-hydroxylation sites is 1. The minimum Gasteiger partial charge on any atom is -0.350 e. The molecule has 1 aliphatic heterocycles. The Morgan fingerprint density at radius 2 is 1.59 bits per heavy atom. The summed E-state index contributed by atoms with van der Waals surface area (Å²) in [6.07, 6.45) is 1.99. The van der Waals surface area contributed by atoms with Gasteiger partial charge in [0, 0.05) is 48.0 Å². The summed E-state index contributed by atoms with van der Waals surface area (Å²) < 4.78 is 15.4. The van der Waals surface area contributed by atoms with Crippen molar-refractivity contribution in [3.05, 3.63) is 102 Å². The minimum atomic E-state index is -0.634. The van der Waals surface area contributed by atoms with Gasteiger partial charge >= 0.3 is 0 Å². The van der Waals surface area contributed by atoms with E-state index in [1.165, 1.54) is 24.3 Å². The third-order valence-corrected chi connectivity index (χ3v) is 6.22. The van der Waals surface area contributed by atoms with Crippen LogP contribution in [0.25, 0.3) is 10.9 Å². The molecule has 0 spiro atoms. The van der Waals surface area contributed by atoms with Gasteiger partial charge in [0.15, 0.2) is 0 Å². The van der Waals surface area contributed by atoms with Crippen LogP contribution in [0.3, 0.4) is 0 Å². The van der Waals surface area contributed by atoms with Gasteiger partial charge in [0.05, 0.1) is 12.0 Å². The minimum absolute atomic E-state index is 0.121. The number of hydrogen-bond acceptors (Lipinski definition) is 2. The number of rotatable bonds is 3. The van der Waals surface area contributed by atoms with Crippen LogP contribution in [0.4, 0.5) is 10.1 Å². The van der Waals surface area contributed by atoms with E-state index >= 15 is 0 Å². The Balaban J connectivity index is 1.67. The van der Waals surface area contributed by atoms with Crippen LogP contribution in [0.1, 0.15) is 33.4 Å². The average Bonchev–Trinajstić information content (AvgIpc) is 3.14. The second-order valence-electron chi connectivity index (χ2n) is 8.13. The zero-order chi connectivity index (χ0) is 22.4. The Kier molecular flexibility index (Phi) is 4.78. The Labute approximate surface area is 185 Å². The van der Waals surface area contributed by atoms with Gasteiger partial charge in [0.1, 0.15) is 5.82 Å². The summed E-state index contributed by atoms with van der Waals surface area (Å²) >= 11 is 0. The molecule has 4 aromatic rings. The van der Waals surface area contributed by atoms with Crippen molar-refractivity contribution in [2.24, 2.45) is 7.05 Å². The largest absolute Gasteiger partial charge is 0.350 e. The zero-order valence-electron chi connectivity index (χ0n) is 17.7. The number of carbonyl (C=O) groups excluding carboxylic acids is 2. The van der Waals surface area contributed by atoms with Crippen molar-refractivity contribution in [3.63, 3.8) is 0 Å². The number of fused-ring (bicyclic) bond motifs is 2. The highest BCUT2D eigenvalue weighted by atomic mass is 19.1. The number of nitrogens with zero attached hydrogens (tertiary/aromatic N) is 2. The quantitative estimate of drug-likeness (QED) is 0.507. The van der Waals surface area contributed by atoms with Crippen LogP contribution >= 0.6 is 0 Å². The fourth-order valence-electron chi connectivity index (χ4n) is 4.71. The van der Waals surface area contributed by atoms with Gasteiger partial charge in [-0.15, -0.1) is 0 Å². The molecule has 0 radical (unpaired) electrons. The molecule has 3 aromatic carbocycles. The maximum absolute atomic E-state index is 13.6. The lowest BCUT2D eigenvalue weighted by molar-refractivity contribution is -0.119. The Morgan fingerprint density at radius 1 is 0.906 bits per heavy atom. The molecule has 0 saturated carbocycles. The summed E-state index contributed by atoms with van der Waals surface area (Å²) in [6.45, 7) is 0. The molecule has 32 heavy (non-hydrogen) atoms. The Morgan fingerprint density at radius 3 is 2.38 bits per heavy atom. The van der Waals surface area contributed by atoms with E-state index in [1.807, 2.05) is 54.2 Å².